The molecule has 148 valence electrons. The predicted octanol–water partition coefficient (Wildman–Crippen LogP) is 5.71. The molecular weight excluding hydrogens is 362 g/mol. The molecule has 2 N–H and O–H groups in total. The Kier molecular flexibility index (Phi) is 6.07. The molecule has 29 heavy (non-hydrogen) atoms. The molecule has 0 bridgehead atoms. The second kappa shape index (κ2) is 8.69. The number of carbonyl (C=O) groups excluding carboxylic acids is 2. The van der Waals surface area contributed by atoms with Gasteiger partial charge in [0, 0.05) is 23.1 Å². The highest BCUT2D eigenvalue weighted by molar-refractivity contribution is 6.04. The fourth-order valence-electron chi connectivity index (χ4n) is 3.06. The summed E-state index contributed by atoms with van der Waals surface area (Å²) >= 11 is 0. The highest BCUT2D eigenvalue weighted by Crippen LogP contribution is 2.29. The van der Waals surface area contributed by atoms with E-state index < -0.39 is 0 Å². The van der Waals surface area contributed by atoms with E-state index in [0.717, 1.165) is 11.3 Å². The average molecular weight is 387 g/mol. The molecule has 0 saturated carbocycles. The van der Waals surface area contributed by atoms with Crippen molar-refractivity contribution >= 4 is 28.9 Å². The predicted molar refractivity (Wildman–Crippen MR) is 117 cm³/mol. The van der Waals surface area contributed by atoms with Gasteiger partial charge in [0.25, 0.3) is 5.91 Å². The minimum atomic E-state index is -0.251. The van der Waals surface area contributed by atoms with Gasteiger partial charge in [-0.2, -0.15) is 0 Å². The van der Waals surface area contributed by atoms with Crippen LogP contribution in [0.2, 0.25) is 0 Å². The van der Waals surface area contributed by atoms with E-state index in [1.807, 2.05) is 0 Å². The lowest BCUT2D eigenvalue weighted by atomic mass is 9.98. The third-order valence-electron chi connectivity index (χ3n) is 4.76. The molecular formula is C24H25N3O2. The maximum absolute atomic E-state index is 12.5. The van der Waals surface area contributed by atoms with E-state index in [2.05, 4.69) is 54.6 Å². The first-order chi connectivity index (χ1) is 13.8. The monoisotopic (exact) mass is 387 g/mol. The van der Waals surface area contributed by atoms with E-state index in [1.54, 1.807) is 42.6 Å². The molecule has 0 spiro atoms. The quantitative estimate of drug-likeness (QED) is 0.531. The Morgan fingerprint density at radius 2 is 1.62 bits per heavy atom. The Balaban J connectivity index is 1.72. The number of aryl methyl sites for hydroxylation is 1. The van der Waals surface area contributed by atoms with Gasteiger partial charge in [-0.1, -0.05) is 32.0 Å². The van der Waals surface area contributed by atoms with Crippen molar-refractivity contribution in [3.8, 4) is 0 Å². The van der Waals surface area contributed by atoms with E-state index in [0.29, 0.717) is 28.6 Å². The summed E-state index contributed by atoms with van der Waals surface area (Å²) in [5.74, 6) is 0.809. The Hall–Kier alpha value is -3.47. The third kappa shape index (κ3) is 4.88. The molecule has 0 atom stereocenters. The minimum absolute atomic E-state index is 0.00978. The molecule has 5 heteroatoms. The second-order valence-electron chi connectivity index (χ2n) is 7.34. The molecule has 0 fully saturated rings. The van der Waals surface area contributed by atoms with Crippen LogP contribution in [0, 0.1) is 6.92 Å². The van der Waals surface area contributed by atoms with Gasteiger partial charge in [0.15, 0.2) is 5.78 Å². The van der Waals surface area contributed by atoms with Crippen LogP contribution >= 0.6 is 0 Å². The summed E-state index contributed by atoms with van der Waals surface area (Å²) in [5, 5.41) is 6.20. The van der Waals surface area contributed by atoms with E-state index in [9.17, 15) is 9.59 Å². The zero-order valence-electron chi connectivity index (χ0n) is 17.1. The lowest BCUT2D eigenvalue weighted by Gasteiger charge is -2.17. The van der Waals surface area contributed by atoms with E-state index >= 15 is 0 Å². The highest BCUT2D eigenvalue weighted by atomic mass is 16.1. The summed E-state index contributed by atoms with van der Waals surface area (Å²) in [5.41, 5.74) is 5.12. The maximum Gasteiger partial charge on any atom is 0.257 e. The van der Waals surface area contributed by atoms with Crippen LogP contribution in [0.1, 0.15) is 58.5 Å². The van der Waals surface area contributed by atoms with Crippen molar-refractivity contribution in [3.63, 3.8) is 0 Å². The molecule has 2 aromatic carbocycles. The van der Waals surface area contributed by atoms with Gasteiger partial charge in [-0.25, -0.2) is 4.98 Å². The number of Topliss-reactive ketones (excluding diaryl/α,β-unsaturated/α-hetero) is 1. The van der Waals surface area contributed by atoms with Gasteiger partial charge in [0.2, 0.25) is 0 Å². The standard InChI is InChI=1S/C24H25N3O2/c1-15(2)21-7-5-6-16(3)23(21)27-22-13-10-19(14-25-22)24(29)26-20-11-8-18(9-12-20)17(4)28/h5-15H,1-4H3,(H,25,27)(H,26,29). The molecule has 1 aromatic heterocycles. The van der Waals surface area contributed by atoms with Crippen molar-refractivity contribution in [2.24, 2.45) is 0 Å². The summed E-state index contributed by atoms with van der Waals surface area (Å²) in [6.07, 6.45) is 1.55. The molecule has 0 aliphatic heterocycles. The van der Waals surface area contributed by atoms with Crippen LogP contribution in [0.15, 0.2) is 60.8 Å². The van der Waals surface area contributed by atoms with E-state index in [4.69, 9.17) is 0 Å². The summed E-state index contributed by atoms with van der Waals surface area (Å²) < 4.78 is 0. The zero-order valence-corrected chi connectivity index (χ0v) is 17.1. The van der Waals surface area contributed by atoms with Gasteiger partial charge in [-0.15, -0.1) is 0 Å². The molecule has 5 nitrogen and oxygen atoms in total. The number of rotatable bonds is 6. The molecule has 3 aromatic rings. The first kappa shape index (κ1) is 20.3. The summed E-state index contributed by atoms with van der Waals surface area (Å²) in [4.78, 5) is 28.2. The van der Waals surface area contributed by atoms with Crippen LogP contribution in [0.5, 0.6) is 0 Å². The lowest BCUT2D eigenvalue weighted by Crippen LogP contribution is -2.12. The number of pyridine rings is 1. The largest absolute Gasteiger partial charge is 0.340 e. The number of para-hydroxylation sites is 1. The topological polar surface area (TPSA) is 71.1 Å². The summed E-state index contributed by atoms with van der Waals surface area (Å²) in [6, 6.07) is 16.6. The average Bonchev–Trinajstić information content (AvgIpc) is 2.70. The van der Waals surface area contributed by atoms with Crippen LogP contribution in [-0.4, -0.2) is 16.7 Å². The van der Waals surface area contributed by atoms with Crippen LogP contribution in [0.3, 0.4) is 0 Å². The van der Waals surface area contributed by atoms with Crippen molar-refractivity contribution in [1.29, 1.82) is 0 Å². The van der Waals surface area contributed by atoms with Gasteiger partial charge >= 0.3 is 0 Å². The third-order valence-corrected chi connectivity index (χ3v) is 4.76. The Morgan fingerprint density at radius 3 is 2.21 bits per heavy atom. The van der Waals surface area contributed by atoms with Crippen molar-refractivity contribution in [2.45, 2.75) is 33.6 Å². The number of hydrogen-bond donors (Lipinski definition) is 2. The maximum atomic E-state index is 12.5. The number of amides is 1. The zero-order chi connectivity index (χ0) is 21.0. The molecule has 0 aliphatic rings. The van der Waals surface area contributed by atoms with Gasteiger partial charge in [-0.05, 0) is 67.3 Å². The molecule has 1 amide bonds. The summed E-state index contributed by atoms with van der Waals surface area (Å²) in [6.45, 7) is 7.89. The van der Waals surface area contributed by atoms with Crippen molar-refractivity contribution < 1.29 is 9.59 Å². The molecule has 1 heterocycles. The molecule has 0 aliphatic carbocycles. The number of nitrogens with one attached hydrogen (secondary N) is 2. The van der Waals surface area contributed by atoms with Crippen LogP contribution in [0.4, 0.5) is 17.2 Å². The Morgan fingerprint density at radius 1 is 0.931 bits per heavy atom. The molecule has 3 rings (SSSR count). The number of hydrogen-bond acceptors (Lipinski definition) is 4. The number of carbonyl (C=O) groups is 2. The van der Waals surface area contributed by atoms with Crippen molar-refractivity contribution in [1.82, 2.24) is 4.98 Å². The molecule has 0 radical (unpaired) electrons. The molecule has 0 saturated heterocycles. The number of anilines is 3. The van der Waals surface area contributed by atoms with Gasteiger partial charge in [-0.3, -0.25) is 9.59 Å². The first-order valence-corrected chi connectivity index (χ1v) is 9.60. The van der Waals surface area contributed by atoms with Crippen LogP contribution in [0.25, 0.3) is 0 Å². The number of nitrogens with zero attached hydrogens (tertiary/aromatic N) is 1. The van der Waals surface area contributed by atoms with Crippen LogP contribution < -0.4 is 10.6 Å². The fraction of sp³-hybridized carbons (Fsp3) is 0.208. The Labute approximate surface area is 171 Å². The molecule has 0 unspecified atom stereocenters. The van der Waals surface area contributed by atoms with Gasteiger partial charge < -0.3 is 10.6 Å². The first-order valence-electron chi connectivity index (χ1n) is 9.60. The number of aromatic nitrogens is 1. The SMILES string of the molecule is CC(=O)c1ccc(NC(=O)c2ccc(Nc3c(C)cccc3C(C)C)nc2)cc1. The van der Waals surface area contributed by atoms with Crippen LogP contribution in [-0.2, 0) is 0 Å². The Bertz CT molecular complexity index is 1020. The normalized spacial score (nSPS) is 10.7. The number of ketones is 1. The summed E-state index contributed by atoms with van der Waals surface area (Å²) in [7, 11) is 0. The van der Waals surface area contributed by atoms with E-state index in [-0.39, 0.29) is 11.7 Å². The van der Waals surface area contributed by atoms with E-state index in [1.165, 1.54) is 12.5 Å². The van der Waals surface area contributed by atoms with Gasteiger partial charge in [0.05, 0.1) is 5.56 Å². The smallest absolute Gasteiger partial charge is 0.257 e. The van der Waals surface area contributed by atoms with Crippen molar-refractivity contribution in [2.75, 3.05) is 10.6 Å². The minimum Gasteiger partial charge on any atom is -0.340 e. The number of benzene rings is 2. The fourth-order valence-corrected chi connectivity index (χ4v) is 3.06. The lowest BCUT2D eigenvalue weighted by molar-refractivity contribution is 0.101. The second-order valence-corrected chi connectivity index (χ2v) is 7.34. The van der Waals surface area contributed by atoms with Gasteiger partial charge in [0.1, 0.15) is 5.82 Å². The highest BCUT2D eigenvalue weighted by Gasteiger charge is 2.11. The van der Waals surface area contributed by atoms with Crippen molar-refractivity contribution in [3.05, 3.63) is 83.0 Å².